The summed E-state index contributed by atoms with van der Waals surface area (Å²) in [5.74, 6) is -0.943. The third kappa shape index (κ3) is 3.05. The van der Waals surface area contributed by atoms with Crippen molar-refractivity contribution in [3.8, 4) is 0 Å². The van der Waals surface area contributed by atoms with Crippen molar-refractivity contribution in [1.29, 1.82) is 0 Å². The first-order valence-corrected chi connectivity index (χ1v) is 5.82. The molecule has 1 atom stereocenters. The molecule has 0 heterocycles. The molecule has 92 valence electrons. The normalized spacial score (nSPS) is 11.9. The van der Waals surface area contributed by atoms with E-state index in [1.54, 1.807) is 24.9 Å². The van der Waals surface area contributed by atoms with Crippen LogP contribution in [-0.4, -0.2) is 29.1 Å². The highest BCUT2D eigenvalue weighted by atomic mass is 127. The lowest BCUT2D eigenvalue weighted by Gasteiger charge is -2.24. The van der Waals surface area contributed by atoms with Crippen LogP contribution in [0.15, 0.2) is 18.2 Å². The fourth-order valence-corrected chi connectivity index (χ4v) is 2.15. The lowest BCUT2D eigenvalue weighted by Crippen LogP contribution is -2.36. The summed E-state index contributed by atoms with van der Waals surface area (Å²) in [4.78, 5) is 22.5. The van der Waals surface area contributed by atoms with Gasteiger partial charge in [-0.2, -0.15) is 0 Å². The Bertz CT molecular complexity index is 464. The van der Waals surface area contributed by atoms with Gasteiger partial charge in [-0.15, -0.1) is 0 Å². The van der Waals surface area contributed by atoms with Gasteiger partial charge in [-0.05, 0) is 35.6 Å². The van der Waals surface area contributed by atoms with Gasteiger partial charge in [0.15, 0.2) is 0 Å². The smallest absolute Gasteiger partial charge is 0.326 e. The molecule has 7 heteroatoms. The second-order valence-electron chi connectivity index (χ2n) is 3.52. The van der Waals surface area contributed by atoms with Gasteiger partial charge >= 0.3 is 5.97 Å². The Labute approximate surface area is 112 Å². The topological polar surface area (TPSA) is 83.7 Å². The Balaban J connectivity index is 3.08. The predicted octanol–water partition coefficient (Wildman–Crippen LogP) is 2.11. The molecule has 6 nitrogen and oxygen atoms in total. The monoisotopic (exact) mass is 350 g/mol. The first-order valence-electron chi connectivity index (χ1n) is 4.74. The second-order valence-corrected chi connectivity index (χ2v) is 4.68. The van der Waals surface area contributed by atoms with E-state index in [2.05, 4.69) is 0 Å². The Morgan fingerprint density at radius 3 is 2.59 bits per heavy atom. The minimum Gasteiger partial charge on any atom is -0.480 e. The van der Waals surface area contributed by atoms with Crippen LogP contribution in [0, 0.1) is 13.7 Å². The lowest BCUT2D eigenvalue weighted by atomic mass is 10.2. The third-order valence-electron chi connectivity index (χ3n) is 2.46. The Kier molecular flexibility index (Phi) is 4.27. The van der Waals surface area contributed by atoms with Crippen molar-refractivity contribution < 1.29 is 14.8 Å². The summed E-state index contributed by atoms with van der Waals surface area (Å²) in [7, 11) is 1.64. The summed E-state index contributed by atoms with van der Waals surface area (Å²) in [5, 5.41) is 19.5. The highest BCUT2D eigenvalue weighted by Gasteiger charge is 2.20. The van der Waals surface area contributed by atoms with E-state index >= 15 is 0 Å². The number of nitro benzene ring substituents is 1. The maximum Gasteiger partial charge on any atom is 0.326 e. The largest absolute Gasteiger partial charge is 0.480 e. The molecule has 0 amide bonds. The maximum absolute atomic E-state index is 10.8. The average Bonchev–Trinajstić information content (AvgIpc) is 2.26. The zero-order valence-electron chi connectivity index (χ0n) is 9.25. The fraction of sp³-hybridized carbons (Fsp3) is 0.300. The zero-order chi connectivity index (χ0) is 13.2. The highest BCUT2D eigenvalue weighted by Crippen LogP contribution is 2.27. The van der Waals surface area contributed by atoms with E-state index in [-0.39, 0.29) is 5.69 Å². The summed E-state index contributed by atoms with van der Waals surface area (Å²) in [6.45, 7) is 1.56. The minimum atomic E-state index is -0.943. The molecule has 0 saturated heterocycles. The molecule has 0 aromatic heterocycles. The number of hydrogen-bond donors (Lipinski definition) is 1. The average molecular weight is 350 g/mol. The zero-order valence-corrected chi connectivity index (χ0v) is 11.4. The van der Waals surface area contributed by atoms with E-state index in [0.717, 1.165) is 0 Å². The molecule has 0 saturated carbocycles. The number of nitrogens with zero attached hydrogens (tertiary/aromatic N) is 2. The molecule has 0 bridgehead atoms. The van der Waals surface area contributed by atoms with Crippen LogP contribution < -0.4 is 4.90 Å². The maximum atomic E-state index is 10.8. The molecule has 1 aromatic rings. The van der Waals surface area contributed by atoms with Gasteiger partial charge in [0.1, 0.15) is 6.04 Å². The van der Waals surface area contributed by atoms with E-state index in [1.165, 1.54) is 12.1 Å². The quantitative estimate of drug-likeness (QED) is 0.511. The molecule has 0 aliphatic carbocycles. The van der Waals surface area contributed by atoms with Crippen LogP contribution in [0.3, 0.4) is 0 Å². The molecular formula is C10H11IN2O4. The van der Waals surface area contributed by atoms with Gasteiger partial charge in [0.2, 0.25) is 0 Å². The molecule has 0 fully saturated rings. The first kappa shape index (κ1) is 13.7. The number of non-ortho nitro benzene ring substituents is 1. The molecular weight excluding hydrogens is 339 g/mol. The van der Waals surface area contributed by atoms with Gasteiger partial charge in [0.05, 0.1) is 10.6 Å². The number of rotatable bonds is 4. The van der Waals surface area contributed by atoms with E-state index in [4.69, 9.17) is 5.11 Å². The molecule has 0 aliphatic rings. The second kappa shape index (κ2) is 5.30. The summed E-state index contributed by atoms with van der Waals surface area (Å²) >= 11 is 1.95. The van der Waals surface area contributed by atoms with Gasteiger partial charge in [-0.1, -0.05) is 0 Å². The molecule has 0 aliphatic heterocycles. The highest BCUT2D eigenvalue weighted by molar-refractivity contribution is 14.1. The Morgan fingerprint density at radius 2 is 2.18 bits per heavy atom. The van der Waals surface area contributed by atoms with Crippen molar-refractivity contribution in [2.75, 3.05) is 11.9 Å². The molecule has 1 N–H and O–H groups in total. The summed E-state index contributed by atoms with van der Waals surface area (Å²) in [5.41, 5.74) is 0.653. The summed E-state index contributed by atoms with van der Waals surface area (Å²) in [6, 6.07) is 3.65. The number of hydrogen-bond acceptors (Lipinski definition) is 4. The molecule has 17 heavy (non-hydrogen) atoms. The van der Waals surface area contributed by atoms with Crippen LogP contribution >= 0.6 is 22.6 Å². The number of carbonyl (C=O) groups is 1. The van der Waals surface area contributed by atoms with Crippen molar-refractivity contribution >= 4 is 39.9 Å². The number of nitro groups is 1. The fourth-order valence-electron chi connectivity index (χ4n) is 1.27. The van der Waals surface area contributed by atoms with Crippen molar-refractivity contribution in [2.45, 2.75) is 13.0 Å². The van der Waals surface area contributed by atoms with E-state index in [0.29, 0.717) is 9.26 Å². The molecule has 1 aromatic carbocycles. The third-order valence-corrected chi connectivity index (χ3v) is 3.32. The van der Waals surface area contributed by atoms with Gasteiger partial charge in [0, 0.05) is 22.8 Å². The van der Waals surface area contributed by atoms with Crippen LogP contribution in [0.1, 0.15) is 6.92 Å². The number of anilines is 1. The number of aliphatic carboxylic acids is 1. The van der Waals surface area contributed by atoms with Crippen molar-refractivity contribution in [2.24, 2.45) is 0 Å². The van der Waals surface area contributed by atoms with Crippen LogP contribution in [-0.2, 0) is 4.79 Å². The molecule has 0 spiro atoms. The van der Waals surface area contributed by atoms with Gasteiger partial charge in [0.25, 0.3) is 5.69 Å². The molecule has 0 radical (unpaired) electrons. The lowest BCUT2D eigenvalue weighted by molar-refractivity contribution is -0.384. The summed E-state index contributed by atoms with van der Waals surface area (Å²) in [6.07, 6.45) is 0. The standard InChI is InChI=1S/C10H11IN2O4/c1-6(10(14)15)12(2)9-4-3-7(13(16)17)5-8(9)11/h3-6H,1-2H3,(H,14,15). The van der Waals surface area contributed by atoms with Gasteiger partial charge in [-0.25, -0.2) is 4.79 Å². The number of likely N-dealkylation sites (N-methyl/N-ethyl adjacent to an activating group) is 1. The minimum absolute atomic E-state index is 0.00507. The number of carboxylic acid groups (broad SMARTS) is 1. The summed E-state index contributed by atoms with van der Waals surface area (Å²) < 4.78 is 0.646. The van der Waals surface area contributed by atoms with Crippen LogP contribution in [0.25, 0.3) is 0 Å². The van der Waals surface area contributed by atoms with Crippen LogP contribution in [0.2, 0.25) is 0 Å². The number of benzene rings is 1. The van der Waals surface area contributed by atoms with Gasteiger partial charge in [-0.3, -0.25) is 10.1 Å². The Morgan fingerprint density at radius 1 is 1.59 bits per heavy atom. The molecule has 1 rings (SSSR count). The number of halogens is 1. The van der Waals surface area contributed by atoms with Crippen LogP contribution in [0.5, 0.6) is 0 Å². The van der Waals surface area contributed by atoms with Crippen molar-refractivity contribution in [3.63, 3.8) is 0 Å². The predicted molar refractivity (Wildman–Crippen MR) is 71.3 cm³/mol. The van der Waals surface area contributed by atoms with E-state index in [9.17, 15) is 14.9 Å². The Hall–Kier alpha value is -1.38. The van der Waals surface area contributed by atoms with Crippen molar-refractivity contribution in [3.05, 3.63) is 31.9 Å². The van der Waals surface area contributed by atoms with E-state index in [1.807, 2.05) is 22.6 Å². The molecule has 1 unspecified atom stereocenters. The van der Waals surface area contributed by atoms with Gasteiger partial charge < -0.3 is 10.0 Å². The number of carboxylic acids is 1. The van der Waals surface area contributed by atoms with Crippen molar-refractivity contribution in [1.82, 2.24) is 0 Å². The van der Waals surface area contributed by atoms with E-state index < -0.39 is 16.9 Å². The first-order chi connectivity index (χ1) is 7.84. The SMILES string of the molecule is CC(C(=O)O)N(C)c1ccc([N+](=O)[O-])cc1I. The van der Waals surface area contributed by atoms with Crippen LogP contribution in [0.4, 0.5) is 11.4 Å².